The zero-order valence-corrected chi connectivity index (χ0v) is 13.0. The number of nitrogens with one attached hydrogen (secondary N) is 1. The van der Waals surface area contributed by atoms with E-state index in [1.54, 1.807) is 11.3 Å². The highest BCUT2D eigenvalue weighted by molar-refractivity contribution is 7.09. The van der Waals surface area contributed by atoms with E-state index in [-0.39, 0.29) is 12.5 Å². The van der Waals surface area contributed by atoms with E-state index in [2.05, 4.69) is 25.6 Å². The third-order valence-electron chi connectivity index (χ3n) is 2.63. The van der Waals surface area contributed by atoms with Crippen molar-refractivity contribution in [3.63, 3.8) is 0 Å². The van der Waals surface area contributed by atoms with Crippen molar-refractivity contribution in [2.24, 2.45) is 10.9 Å². The molecule has 0 aliphatic carbocycles. The number of rotatable bonds is 6. The zero-order chi connectivity index (χ0) is 14.3. The molecule has 0 bridgehead atoms. The van der Waals surface area contributed by atoms with Crippen molar-refractivity contribution < 1.29 is 5.11 Å². The monoisotopic (exact) mass is 284 g/mol. The van der Waals surface area contributed by atoms with Gasteiger partial charge in [-0.3, -0.25) is 4.99 Å². The maximum absolute atomic E-state index is 9.04. The minimum Gasteiger partial charge on any atom is -0.396 e. The quantitative estimate of drug-likeness (QED) is 0.613. The van der Waals surface area contributed by atoms with Crippen molar-refractivity contribution in [3.05, 3.63) is 16.1 Å². The molecule has 19 heavy (non-hydrogen) atoms. The van der Waals surface area contributed by atoms with Gasteiger partial charge in [0, 0.05) is 32.1 Å². The van der Waals surface area contributed by atoms with E-state index in [9.17, 15) is 0 Å². The molecule has 0 aliphatic rings. The first kappa shape index (κ1) is 15.9. The van der Waals surface area contributed by atoms with Crippen LogP contribution < -0.4 is 5.32 Å². The van der Waals surface area contributed by atoms with Gasteiger partial charge in [0.05, 0.1) is 17.2 Å². The van der Waals surface area contributed by atoms with Crippen molar-refractivity contribution in [2.75, 3.05) is 26.7 Å². The largest absolute Gasteiger partial charge is 0.396 e. The Morgan fingerprint density at radius 3 is 2.89 bits per heavy atom. The first-order valence-corrected chi connectivity index (χ1v) is 7.46. The summed E-state index contributed by atoms with van der Waals surface area (Å²) in [5.74, 6) is 1.04. The Hall–Kier alpha value is -1.14. The molecule has 5 nitrogen and oxygen atoms in total. The average molecular weight is 284 g/mol. The number of thiazole rings is 1. The van der Waals surface area contributed by atoms with Gasteiger partial charge in [-0.2, -0.15) is 0 Å². The topological polar surface area (TPSA) is 60.8 Å². The predicted molar refractivity (Wildman–Crippen MR) is 80.5 cm³/mol. The molecule has 0 aliphatic heterocycles. The van der Waals surface area contributed by atoms with E-state index in [1.165, 1.54) is 0 Å². The summed E-state index contributed by atoms with van der Waals surface area (Å²) in [7, 11) is 2.00. The van der Waals surface area contributed by atoms with E-state index in [0.717, 1.165) is 29.8 Å². The second-order valence-electron chi connectivity index (χ2n) is 4.70. The Labute approximate surface area is 119 Å². The Balaban J connectivity index is 2.63. The number of aliphatic hydroxyl groups is 1. The molecule has 1 heterocycles. The van der Waals surface area contributed by atoms with Crippen molar-refractivity contribution in [1.82, 2.24) is 15.2 Å². The van der Waals surface area contributed by atoms with Gasteiger partial charge in [0.15, 0.2) is 5.96 Å². The van der Waals surface area contributed by atoms with Crippen LogP contribution in [0.4, 0.5) is 0 Å². The lowest BCUT2D eigenvalue weighted by atomic mass is 10.2. The van der Waals surface area contributed by atoms with E-state index in [1.807, 2.05) is 27.8 Å². The summed E-state index contributed by atoms with van der Waals surface area (Å²) >= 11 is 1.66. The van der Waals surface area contributed by atoms with Crippen LogP contribution in [0, 0.1) is 12.8 Å². The Morgan fingerprint density at radius 2 is 2.37 bits per heavy atom. The van der Waals surface area contributed by atoms with Gasteiger partial charge in [0.1, 0.15) is 0 Å². The number of aromatic nitrogens is 1. The third-order valence-corrected chi connectivity index (χ3v) is 3.45. The van der Waals surface area contributed by atoms with Crippen LogP contribution in [0.25, 0.3) is 0 Å². The van der Waals surface area contributed by atoms with Crippen LogP contribution in [0.1, 0.15) is 24.5 Å². The first-order chi connectivity index (χ1) is 9.06. The van der Waals surface area contributed by atoms with E-state index in [4.69, 9.17) is 5.11 Å². The van der Waals surface area contributed by atoms with Gasteiger partial charge in [0.25, 0.3) is 0 Å². The van der Waals surface area contributed by atoms with Gasteiger partial charge in [-0.1, -0.05) is 6.92 Å². The minimum absolute atomic E-state index is 0.165. The lowest BCUT2D eigenvalue weighted by Crippen LogP contribution is -2.39. The van der Waals surface area contributed by atoms with Crippen LogP contribution in [-0.4, -0.2) is 47.7 Å². The molecule has 6 heteroatoms. The molecular weight excluding hydrogens is 260 g/mol. The average Bonchev–Trinajstić information content (AvgIpc) is 2.79. The molecule has 0 fully saturated rings. The van der Waals surface area contributed by atoms with E-state index in [0.29, 0.717) is 6.54 Å². The number of hydrogen-bond acceptors (Lipinski definition) is 4. The Kier molecular flexibility index (Phi) is 6.80. The van der Waals surface area contributed by atoms with Gasteiger partial charge in [-0.25, -0.2) is 4.98 Å². The highest BCUT2D eigenvalue weighted by Gasteiger charge is 2.09. The second kappa shape index (κ2) is 8.12. The van der Waals surface area contributed by atoms with Gasteiger partial charge in [-0.15, -0.1) is 11.3 Å². The fourth-order valence-corrected chi connectivity index (χ4v) is 2.17. The molecule has 1 unspecified atom stereocenters. The molecule has 0 radical (unpaired) electrons. The van der Waals surface area contributed by atoms with Crippen LogP contribution in [-0.2, 0) is 6.54 Å². The van der Waals surface area contributed by atoms with Crippen LogP contribution in [0.2, 0.25) is 0 Å². The number of hydrogen-bond donors (Lipinski definition) is 2. The van der Waals surface area contributed by atoms with Crippen molar-refractivity contribution in [3.8, 4) is 0 Å². The molecule has 0 saturated heterocycles. The maximum Gasteiger partial charge on any atom is 0.194 e. The third kappa shape index (κ3) is 5.57. The summed E-state index contributed by atoms with van der Waals surface area (Å²) in [6.07, 6.45) is 0. The molecule has 0 saturated carbocycles. The molecular formula is C13H24N4OS. The Bertz CT molecular complexity index is 405. The van der Waals surface area contributed by atoms with Gasteiger partial charge >= 0.3 is 0 Å². The highest BCUT2D eigenvalue weighted by Crippen LogP contribution is 2.09. The fourth-order valence-electron chi connectivity index (χ4n) is 1.57. The summed E-state index contributed by atoms with van der Waals surface area (Å²) in [5, 5.41) is 15.5. The number of aliphatic hydroxyl groups excluding tert-OH is 1. The summed E-state index contributed by atoms with van der Waals surface area (Å²) in [6.45, 7) is 8.40. The summed E-state index contributed by atoms with van der Waals surface area (Å²) in [5.41, 5.74) is 1.06. The molecule has 1 aromatic rings. The van der Waals surface area contributed by atoms with Crippen molar-refractivity contribution in [1.29, 1.82) is 0 Å². The van der Waals surface area contributed by atoms with Crippen LogP contribution >= 0.6 is 11.3 Å². The normalized spacial score (nSPS) is 13.4. The van der Waals surface area contributed by atoms with E-state index < -0.39 is 0 Å². The van der Waals surface area contributed by atoms with Gasteiger partial charge in [0.2, 0.25) is 0 Å². The SMILES string of the molecule is CCNC(=NCC(C)CO)N(C)Cc1csc(C)n1. The molecule has 2 N–H and O–H groups in total. The minimum atomic E-state index is 0.165. The van der Waals surface area contributed by atoms with E-state index >= 15 is 0 Å². The number of guanidine groups is 1. The van der Waals surface area contributed by atoms with Gasteiger partial charge < -0.3 is 15.3 Å². The summed E-state index contributed by atoms with van der Waals surface area (Å²) in [6, 6.07) is 0. The lowest BCUT2D eigenvalue weighted by molar-refractivity contribution is 0.241. The maximum atomic E-state index is 9.04. The summed E-state index contributed by atoms with van der Waals surface area (Å²) < 4.78 is 0. The molecule has 0 spiro atoms. The van der Waals surface area contributed by atoms with Crippen molar-refractivity contribution in [2.45, 2.75) is 27.3 Å². The standard InChI is InChI=1S/C13H24N4OS/c1-5-14-13(15-6-10(2)8-18)17(4)7-12-9-19-11(3)16-12/h9-10,18H,5-8H2,1-4H3,(H,14,15). The smallest absolute Gasteiger partial charge is 0.194 e. The molecule has 0 aromatic carbocycles. The molecule has 1 aromatic heterocycles. The molecule has 1 rings (SSSR count). The highest BCUT2D eigenvalue weighted by atomic mass is 32.1. The van der Waals surface area contributed by atoms with Crippen LogP contribution in [0.15, 0.2) is 10.4 Å². The molecule has 108 valence electrons. The molecule has 1 atom stereocenters. The lowest BCUT2D eigenvalue weighted by Gasteiger charge is -2.21. The van der Waals surface area contributed by atoms with Crippen LogP contribution in [0.5, 0.6) is 0 Å². The Morgan fingerprint density at radius 1 is 1.63 bits per heavy atom. The number of nitrogens with zero attached hydrogens (tertiary/aromatic N) is 3. The first-order valence-electron chi connectivity index (χ1n) is 6.58. The van der Waals surface area contributed by atoms with Crippen LogP contribution in [0.3, 0.4) is 0 Å². The predicted octanol–water partition coefficient (Wildman–Crippen LogP) is 1.48. The van der Waals surface area contributed by atoms with Gasteiger partial charge in [-0.05, 0) is 19.8 Å². The molecule has 0 amide bonds. The number of aryl methyl sites for hydroxylation is 1. The number of aliphatic imine (C=N–C) groups is 1. The zero-order valence-electron chi connectivity index (χ0n) is 12.2. The summed E-state index contributed by atoms with van der Waals surface area (Å²) in [4.78, 5) is 11.1. The van der Waals surface area contributed by atoms with Crippen molar-refractivity contribution >= 4 is 17.3 Å². The fraction of sp³-hybridized carbons (Fsp3) is 0.692. The second-order valence-corrected chi connectivity index (χ2v) is 5.76.